The molecule has 8 heteroatoms. The van der Waals surface area contributed by atoms with Gasteiger partial charge in [0, 0.05) is 17.9 Å². The standard InChI is InChI=1S/C16H23N3O3S2/c1-22-15(21)9-3-2-6-10-18-16(23)19-12-7-4-5-8-13(12)24-11-14(17)20/h4-5,7-8H,2-3,6,9-11H2,1H3,(H2,17,20)(H2,18,19,23). The summed E-state index contributed by atoms with van der Waals surface area (Å²) in [7, 11) is 1.40. The van der Waals surface area contributed by atoms with E-state index in [2.05, 4.69) is 15.4 Å². The van der Waals surface area contributed by atoms with Crippen molar-refractivity contribution in [2.45, 2.75) is 30.6 Å². The number of nitrogens with two attached hydrogens (primary N) is 1. The van der Waals surface area contributed by atoms with Crippen molar-refractivity contribution < 1.29 is 14.3 Å². The van der Waals surface area contributed by atoms with Gasteiger partial charge in [0.25, 0.3) is 0 Å². The molecule has 0 atom stereocenters. The van der Waals surface area contributed by atoms with Crippen LogP contribution in [0.25, 0.3) is 0 Å². The van der Waals surface area contributed by atoms with Crippen molar-refractivity contribution in [1.82, 2.24) is 5.32 Å². The van der Waals surface area contributed by atoms with Crippen molar-refractivity contribution in [2.75, 3.05) is 24.7 Å². The predicted octanol–water partition coefficient (Wildman–Crippen LogP) is 2.28. The van der Waals surface area contributed by atoms with Crippen LogP contribution < -0.4 is 16.4 Å². The maximum Gasteiger partial charge on any atom is 0.305 e. The molecule has 4 N–H and O–H groups in total. The zero-order valence-corrected chi connectivity index (χ0v) is 15.3. The Balaban J connectivity index is 2.30. The van der Waals surface area contributed by atoms with Crippen molar-refractivity contribution in [2.24, 2.45) is 5.73 Å². The summed E-state index contributed by atoms with van der Waals surface area (Å²) in [6, 6.07) is 7.59. The molecule has 0 saturated carbocycles. The normalized spacial score (nSPS) is 10.0. The highest BCUT2D eigenvalue weighted by atomic mass is 32.2. The van der Waals surface area contributed by atoms with Crippen LogP contribution in [0.15, 0.2) is 29.2 Å². The number of thioether (sulfide) groups is 1. The van der Waals surface area contributed by atoms with Crippen LogP contribution in [0.5, 0.6) is 0 Å². The van der Waals surface area contributed by atoms with E-state index < -0.39 is 0 Å². The highest BCUT2D eigenvalue weighted by Gasteiger charge is 2.06. The van der Waals surface area contributed by atoms with Gasteiger partial charge < -0.3 is 21.1 Å². The highest BCUT2D eigenvalue weighted by Crippen LogP contribution is 2.26. The van der Waals surface area contributed by atoms with Crippen LogP contribution in [0.3, 0.4) is 0 Å². The number of ether oxygens (including phenoxy) is 1. The predicted molar refractivity (Wildman–Crippen MR) is 101 cm³/mol. The molecule has 0 unspecified atom stereocenters. The van der Waals surface area contributed by atoms with Gasteiger partial charge in [-0.2, -0.15) is 0 Å². The monoisotopic (exact) mass is 369 g/mol. The summed E-state index contributed by atoms with van der Waals surface area (Å²) in [6.45, 7) is 0.726. The molecular formula is C16H23N3O3S2. The van der Waals surface area contributed by atoms with Gasteiger partial charge in [0.1, 0.15) is 0 Å². The lowest BCUT2D eigenvalue weighted by molar-refractivity contribution is -0.140. The number of carbonyl (C=O) groups excluding carboxylic acids is 2. The molecule has 0 aromatic heterocycles. The molecule has 0 bridgehead atoms. The van der Waals surface area contributed by atoms with Gasteiger partial charge in [0.15, 0.2) is 5.11 Å². The number of nitrogens with one attached hydrogen (secondary N) is 2. The van der Waals surface area contributed by atoms with E-state index in [-0.39, 0.29) is 17.6 Å². The topological polar surface area (TPSA) is 93.4 Å². The Labute approximate surface area is 151 Å². The summed E-state index contributed by atoms with van der Waals surface area (Å²) >= 11 is 6.64. The molecule has 0 radical (unpaired) electrons. The zero-order valence-electron chi connectivity index (χ0n) is 13.7. The average molecular weight is 370 g/mol. The fraction of sp³-hybridized carbons (Fsp3) is 0.438. The third-order valence-corrected chi connectivity index (χ3v) is 4.42. The third-order valence-electron chi connectivity index (χ3n) is 3.08. The fourth-order valence-corrected chi connectivity index (χ4v) is 2.85. The second-order valence-electron chi connectivity index (χ2n) is 5.02. The Kier molecular flexibility index (Phi) is 9.86. The van der Waals surface area contributed by atoms with Crippen molar-refractivity contribution in [3.63, 3.8) is 0 Å². The minimum Gasteiger partial charge on any atom is -0.469 e. The van der Waals surface area contributed by atoms with E-state index in [9.17, 15) is 9.59 Å². The first-order valence-electron chi connectivity index (χ1n) is 7.64. The quantitative estimate of drug-likeness (QED) is 0.252. The van der Waals surface area contributed by atoms with Gasteiger partial charge in [0.05, 0.1) is 18.6 Å². The van der Waals surface area contributed by atoms with Gasteiger partial charge in [-0.25, -0.2) is 0 Å². The SMILES string of the molecule is COC(=O)CCCCCNC(=S)Nc1ccccc1SCC(N)=O. The molecule has 6 nitrogen and oxygen atoms in total. The maximum atomic E-state index is 11.0. The van der Waals surface area contributed by atoms with Crippen LogP contribution in [0.4, 0.5) is 5.69 Å². The lowest BCUT2D eigenvalue weighted by Crippen LogP contribution is -2.29. The van der Waals surface area contributed by atoms with Crippen molar-refractivity contribution in [1.29, 1.82) is 0 Å². The van der Waals surface area contributed by atoms with Gasteiger partial charge in [-0.15, -0.1) is 11.8 Å². The second-order valence-corrected chi connectivity index (χ2v) is 6.44. The summed E-state index contributed by atoms with van der Waals surface area (Å²) in [5.41, 5.74) is 6.02. The smallest absolute Gasteiger partial charge is 0.305 e. The Hall–Kier alpha value is -1.80. The molecule has 0 spiro atoms. The van der Waals surface area contributed by atoms with E-state index in [0.717, 1.165) is 36.4 Å². The van der Waals surface area contributed by atoms with Gasteiger partial charge in [-0.05, 0) is 37.2 Å². The summed E-state index contributed by atoms with van der Waals surface area (Å²) in [4.78, 5) is 22.8. The van der Waals surface area contributed by atoms with Crippen LogP contribution in [-0.2, 0) is 14.3 Å². The Morgan fingerprint density at radius 1 is 1.25 bits per heavy atom. The Bertz CT molecular complexity index is 567. The molecule has 1 rings (SSSR count). The number of hydrogen-bond donors (Lipinski definition) is 3. The first kappa shape index (κ1) is 20.2. The van der Waals surface area contributed by atoms with Crippen LogP contribution in [-0.4, -0.2) is 36.4 Å². The number of primary amides is 1. The number of thiocarbonyl (C=S) groups is 1. The van der Waals surface area contributed by atoms with Crippen molar-refractivity contribution in [3.05, 3.63) is 24.3 Å². The first-order valence-corrected chi connectivity index (χ1v) is 9.04. The van der Waals surface area contributed by atoms with Crippen LogP contribution in [0.1, 0.15) is 25.7 Å². The summed E-state index contributed by atoms with van der Waals surface area (Å²) in [6.07, 6.45) is 3.09. The van der Waals surface area contributed by atoms with E-state index in [1.165, 1.54) is 18.9 Å². The molecule has 1 aromatic rings. The summed E-state index contributed by atoms with van der Waals surface area (Å²) < 4.78 is 4.59. The Morgan fingerprint density at radius 2 is 2.00 bits per heavy atom. The number of anilines is 1. The number of benzene rings is 1. The van der Waals surface area contributed by atoms with E-state index in [1.54, 1.807) is 0 Å². The molecule has 1 amide bonds. The summed E-state index contributed by atoms with van der Waals surface area (Å²) in [5.74, 6) is -0.313. The highest BCUT2D eigenvalue weighted by molar-refractivity contribution is 8.00. The molecule has 132 valence electrons. The zero-order chi connectivity index (χ0) is 17.8. The number of unbranched alkanes of at least 4 members (excludes halogenated alkanes) is 2. The largest absolute Gasteiger partial charge is 0.469 e. The molecule has 0 saturated heterocycles. The van der Waals surface area contributed by atoms with E-state index >= 15 is 0 Å². The minimum absolute atomic E-state index is 0.176. The number of esters is 1. The molecule has 0 fully saturated rings. The molecule has 0 aliphatic heterocycles. The third kappa shape index (κ3) is 8.73. The lowest BCUT2D eigenvalue weighted by Gasteiger charge is -2.13. The number of hydrogen-bond acceptors (Lipinski definition) is 5. The van der Waals surface area contributed by atoms with Gasteiger partial charge in [-0.3, -0.25) is 9.59 Å². The first-order chi connectivity index (χ1) is 11.5. The minimum atomic E-state index is -0.359. The lowest BCUT2D eigenvalue weighted by atomic mass is 10.2. The van der Waals surface area contributed by atoms with E-state index in [4.69, 9.17) is 18.0 Å². The number of rotatable bonds is 10. The van der Waals surface area contributed by atoms with Gasteiger partial charge in [-0.1, -0.05) is 18.6 Å². The Morgan fingerprint density at radius 3 is 2.71 bits per heavy atom. The van der Waals surface area contributed by atoms with E-state index in [0.29, 0.717) is 11.5 Å². The van der Waals surface area contributed by atoms with Crippen LogP contribution in [0, 0.1) is 0 Å². The number of carbonyl (C=O) groups is 2. The molecule has 0 aliphatic rings. The molecule has 0 aliphatic carbocycles. The van der Waals surface area contributed by atoms with Gasteiger partial charge in [0.2, 0.25) is 5.91 Å². The number of amides is 1. The molecular weight excluding hydrogens is 346 g/mol. The number of methoxy groups -OCH3 is 1. The summed E-state index contributed by atoms with van der Waals surface area (Å²) in [5, 5.41) is 6.78. The maximum absolute atomic E-state index is 11.0. The molecule has 24 heavy (non-hydrogen) atoms. The molecule has 1 aromatic carbocycles. The van der Waals surface area contributed by atoms with Crippen LogP contribution in [0.2, 0.25) is 0 Å². The fourth-order valence-electron chi connectivity index (χ4n) is 1.89. The second kappa shape index (κ2) is 11.7. The van der Waals surface area contributed by atoms with Crippen molar-refractivity contribution in [3.8, 4) is 0 Å². The van der Waals surface area contributed by atoms with Gasteiger partial charge >= 0.3 is 5.97 Å². The van der Waals surface area contributed by atoms with E-state index in [1.807, 2.05) is 24.3 Å². The number of para-hydroxylation sites is 1. The average Bonchev–Trinajstić information content (AvgIpc) is 2.56. The molecule has 0 heterocycles. The van der Waals surface area contributed by atoms with Crippen LogP contribution >= 0.6 is 24.0 Å². The van der Waals surface area contributed by atoms with Crippen molar-refractivity contribution >= 4 is 46.7 Å².